The number of nitro groups is 1. The van der Waals surface area contributed by atoms with E-state index in [4.69, 9.17) is 21.1 Å². The van der Waals surface area contributed by atoms with Gasteiger partial charge in [0.05, 0.1) is 37.4 Å². The van der Waals surface area contributed by atoms with Crippen molar-refractivity contribution in [1.82, 2.24) is 0 Å². The minimum atomic E-state index is -0.759. The van der Waals surface area contributed by atoms with Crippen LogP contribution in [0.1, 0.15) is 43.9 Å². The molecule has 1 atom stereocenters. The van der Waals surface area contributed by atoms with Gasteiger partial charge >= 0.3 is 12.1 Å². The summed E-state index contributed by atoms with van der Waals surface area (Å²) in [7, 11) is 0. The van der Waals surface area contributed by atoms with Crippen molar-refractivity contribution in [3.05, 3.63) is 104 Å². The Morgan fingerprint density at radius 3 is 2.36 bits per heavy atom. The molecule has 1 amide bonds. The summed E-state index contributed by atoms with van der Waals surface area (Å²) in [6, 6.07) is 19.1. The molecule has 1 aliphatic rings. The van der Waals surface area contributed by atoms with Crippen molar-refractivity contribution in [2.75, 3.05) is 11.9 Å². The normalized spacial score (nSPS) is 14.1. The van der Waals surface area contributed by atoms with Gasteiger partial charge in [-0.3, -0.25) is 20.2 Å². The summed E-state index contributed by atoms with van der Waals surface area (Å²) in [4.78, 5) is 37.3. The van der Waals surface area contributed by atoms with Gasteiger partial charge in [0.1, 0.15) is 11.9 Å². The predicted molar refractivity (Wildman–Crippen MR) is 159 cm³/mol. The molecule has 0 bridgehead atoms. The van der Waals surface area contributed by atoms with E-state index in [1.807, 2.05) is 12.1 Å². The smallest absolute Gasteiger partial charge is 0.412 e. The summed E-state index contributed by atoms with van der Waals surface area (Å²) in [6.07, 6.45) is 0.00343. The van der Waals surface area contributed by atoms with Crippen molar-refractivity contribution in [1.29, 1.82) is 0 Å². The predicted octanol–water partition coefficient (Wildman–Crippen LogP) is 8.69. The first-order chi connectivity index (χ1) is 20.1. The van der Waals surface area contributed by atoms with Crippen LogP contribution < -0.4 is 5.32 Å². The number of esters is 1. The molecule has 1 unspecified atom stereocenters. The lowest BCUT2D eigenvalue weighted by molar-refractivity contribution is -0.384. The van der Waals surface area contributed by atoms with Crippen LogP contribution in [-0.2, 0) is 19.7 Å². The number of nitrogens with zero attached hydrogens (tertiary/aromatic N) is 1. The van der Waals surface area contributed by atoms with Crippen molar-refractivity contribution >= 4 is 46.4 Å². The van der Waals surface area contributed by atoms with Crippen LogP contribution in [0.4, 0.5) is 20.6 Å². The van der Waals surface area contributed by atoms with Gasteiger partial charge in [0, 0.05) is 11.6 Å². The number of thiophene rings is 1. The van der Waals surface area contributed by atoms with E-state index in [1.165, 1.54) is 30.3 Å². The van der Waals surface area contributed by atoms with Crippen molar-refractivity contribution < 1.29 is 28.4 Å². The van der Waals surface area contributed by atoms with E-state index in [0.717, 1.165) is 16.9 Å². The van der Waals surface area contributed by atoms with Crippen LogP contribution in [0, 0.1) is 15.9 Å². The van der Waals surface area contributed by atoms with Gasteiger partial charge in [0.25, 0.3) is 5.69 Å². The maximum absolute atomic E-state index is 13.2. The quantitative estimate of drug-likeness (QED) is 0.116. The van der Waals surface area contributed by atoms with Crippen LogP contribution in [0.3, 0.4) is 0 Å². The van der Waals surface area contributed by atoms with Gasteiger partial charge in [-0.2, -0.15) is 0 Å². The van der Waals surface area contributed by atoms with E-state index in [1.54, 1.807) is 44.2 Å². The number of amides is 1. The van der Waals surface area contributed by atoms with Gasteiger partial charge < -0.3 is 9.47 Å². The summed E-state index contributed by atoms with van der Waals surface area (Å²) >= 11 is 7.42. The summed E-state index contributed by atoms with van der Waals surface area (Å²) < 4.78 is 24.3. The van der Waals surface area contributed by atoms with Crippen molar-refractivity contribution in [2.24, 2.45) is 0 Å². The lowest BCUT2D eigenvalue weighted by atomic mass is 9.93. The topological polar surface area (TPSA) is 108 Å². The van der Waals surface area contributed by atoms with Crippen LogP contribution in [-0.4, -0.2) is 23.6 Å². The second-order valence-electron chi connectivity index (χ2n) is 9.89. The molecule has 0 radical (unpaired) electrons. The number of halogens is 2. The van der Waals surface area contributed by atoms with Crippen LogP contribution in [0.2, 0.25) is 4.34 Å². The molecule has 8 nitrogen and oxygen atoms in total. The molecule has 216 valence electrons. The minimum absolute atomic E-state index is 0.130. The Morgan fingerprint density at radius 1 is 1.07 bits per heavy atom. The fourth-order valence-corrected chi connectivity index (χ4v) is 5.99. The lowest BCUT2D eigenvalue weighted by Crippen LogP contribution is -2.23. The Morgan fingerprint density at radius 2 is 1.74 bits per heavy atom. The molecule has 0 spiro atoms. The summed E-state index contributed by atoms with van der Waals surface area (Å²) in [5.74, 6) is -0.647. The van der Waals surface area contributed by atoms with Crippen LogP contribution >= 0.6 is 22.9 Å². The molecular weight excluding hydrogens is 583 g/mol. The first-order valence-corrected chi connectivity index (χ1v) is 14.4. The van der Waals surface area contributed by atoms with E-state index in [0.29, 0.717) is 56.6 Å². The van der Waals surface area contributed by atoms with Crippen molar-refractivity contribution in [3.8, 4) is 21.6 Å². The molecule has 1 saturated carbocycles. The highest BCUT2D eigenvalue weighted by molar-refractivity contribution is 7.20. The van der Waals surface area contributed by atoms with E-state index < -0.39 is 28.4 Å². The zero-order valence-corrected chi connectivity index (χ0v) is 24.3. The number of carbonyl (C=O) groups excluding carboxylic acids is 2. The molecule has 1 aliphatic carbocycles. The zero-order chi connectivity index (χ0) is 30.0. The molecular formula is C31H26ClFN2O6S. The molecule has 0 saturated heterocycles. The lowest BCUT2D eigenvalue weighted by Gasteiger charge is -2.15. The number of ether oxygens (including phenoxy) is 2. The average Bonchev–Trinajstić information content (AvgIpc) is 3.70. The fraction of sp³-hybridized carbons (Fsp3) is 0.226. The summed E-state index contributed by atoms with van der Waals surface area (Å²) in [6.45, 7) is 3.73. The molecule has 4 aromatic rings. The van der Waals surface area contributed by atoms with Crippen molar-refractivity contribution in [2.45, 2.75) is 38.2 Å². The molecule has 1 heterocycles. The highest BCUT2D eigenvalue weighted by Crippen LogP contribution is 2.50. The first-order valence-electron chi connectivity index (χ1n) is 13.2. The maximum Gasteiger partial charge on any atom is 0.412 e. The third-order valence-electron chi connectivity index (χ3n) is 7.18. The summed E-state index contributed by atoms with van der Waals surface area (Å²) in [5, 5.41) is 14.8. The van der Waals surface area contributed by atoms with Gasteiger partial charge in [-0.05, 0) is 67.6 Å². The van der Waals surface area contributed by atoms with Gasteiger partial charge in [-0.15, -0.1) is 11.3 Å². The molecule has 1 fully saturated rings. The zero-order valence-electron chi connectivity index (χ0n) is 22.7. The SMILES string of the molecule is CCOC(=O)C1(c2ccc(-c3ccc(-c4sc(Cl)cc4NC(=O)OC(C)c4ccc(F)cc4)cc3[N+](=O)[O-])cc2)CC1. The number of hydrogen-bond donors (Lipinski definition) is 1. The second-order valence-corrected chi connectivity index (χ2v) is 11.6. The van der Waals surface area contributed by atoms with Gasteiger partial charge in [-0.1, -0.05) is 54.1 Å². The van der Waals surface area contributed by atoms with E-state index in [9.17, 15) is 24.1 Å². The number of rotatable bonds is 9. The van der Waals surface area contributed by atoms with E-state index in [-0.39, 0.29) is 11.7 Å². The third-order valence-corrected chi connectivity index (χ3v) is 8.50. The number of anilines is 1. The van der Waals surface area contributed by atoms with Crippen LogP contribution in [0.15, 0.2) is 72.8 Å². The number of benzene rings is 3. The standard InChI is InChI=1S/C31H26ClFN2O6S/c1-3-40-29(36)31(14-15-31)22-9-4-20(5-10-22)24-13-8-21(16-26(24)35(38)39)28-25(17-27(32)42-28)34-30(37)41-18(2)19-6-11-23(33)12-7-19/h4-13,16-18H,3,14-15H2,1-2H3,(H,34,37). The summed E-state index contributed by atoms with van der Waals surface area (Å²) in [5.41, 5.74) is 2.52. The van der Waals surface area contributed by atoms with Gasteiger partial charge in [-0.25, -0.2) is 9.18 Å². The highest BCUT2D eigenvalue weighted by Gasteiger charge is 2.52. The Balaban J connectivity index is 1.38. The van der Waals surface area contributed by atoms with Crippen LogP contribution in [0.25, 0.3) is 21.6 Å². The monoisotopic (exact) mass is 608 g/mol. The Hall–Kier alpha value is -4.28. The highest BCUT2D eigenvalue weighted by atomic mass is 35.5. The van der Waals surface area contributed by atoms with Gasteiger partial charge in [0.2, 0.25) is 0 Å². The Bertz CT molecular complexity index is 1650. The first kappa shape index (κ1) is 29.2. The number of hydrogen-bond acceptors (Lipinski definition) is 7. The van der Waals surface area contributed by atoms with Gasteiger partial charge in [0.15, 0.2) is 0 Å². The van der Waals surface area contributed by atoms with Crippen LogP contribution in [0.5, 0.6) is 0 Å². The second kappa shape index (κ2) is 11.9. The minimum Gasteiger partial charge on any atom is -0.465 e. The average molecular weight is 609 g/mol. The Labute approximate surface area is 250 Å². The molecule has 1 aromatic heterocycles. The van der Waals surface area contributed by atoms with E-state index >= 15 is 0 Å². The van der Waals surface area contributed by atoms with E-state index in [2.05, 4.69) is 5.32 Å². The maximum atomic E-state index is 13.2. The number of nitro benzene ring substituents is 1. The largest absolute Gasteiger partial charge is 0.465 e. The Kier molecular flexibility index (Phi) is 8.29. The molecule has 42 heavy (non-hydrogen) atoms. The number of carbonyl (C=O) groups is 2. The molecule has 5 rings (SSSR count). The van der Waals surface area contributed by atoms with Crippen molar-refractivity contribution in [3.63, 3.8) is 0 Å². The molecule has 1 N–H and O–H groups in total. The third kappa shape index (κ3) is 6.00. The molecule has 0 aliphatic heterocycles. The molecule has 11 heteroatoms. The number of nitrogens with one attached hydrogen (secondary N) is 1. The molecule has 3 aromatic carbocycles. The fourth-order valence-electron chi connectivity index (χ4n) is 4.81.